The van der Waals surface area contributed by atoms with Crippen molar-refractivity contribution in [2.75, 3.05) is 13.1 Å². The molecule has 2 rings (SSSR count). The maximum absolute atomic E-state index is 13.4. The fourth-order valence-electron chi connectivity index (χ4n) is 4.58. The van der Waals surface area contributed by atoms with Gasteiger partial charge in [-0.05, 0) is 49.7 Å². The molecule has 1 aliphatic heterocycles. The molecule has 0 aliphatic carbocycles. The summed E-state index contributed by atoms with van der Waals surface area (Å²) in [5.41, 5.74) is 0.323. The van der Waals surface area contributed by atoms with Crippen LogP contribution in [0.4, 0.5) is 13.2 Å². The molecule has 0 saturated carbocycles. The van der Waals surface area contributed by atoms with E-state index in [2.05, 4.69) is 20.9 Å². The number of nitrogens with zero attached hydrogens (tertiary/aromatic N) is 2. The first-order valence-electron chi connectivity index (χ1n) is 13.9. The summed E-state index contributed by atoms with van der Waals surface area (Å²) in [5.74, 6) is -5.10. The van der Waals surface area contributed by atoms with E-state index in [0.29, 0.717) is 37.9 Å². The molecule has 1 fully saturated rings. The average Bonchev–Trinajstić information content (AvgIpc) is 3.41. The van der Waals surface area contributed by atoms with Crippen LogP contribution in [0.5, 0.6) is 0 Å². The second-order valence-corrected chi connectivity index (χ2v) is 10.9. The van der Waals surface area contributed by atoms with Gasteiger partial charge in [-0.2, -0.15) is 13.2 Å². The summed E-state index contributed by atoms with van der Waals surface area (Å²) in [6.07, 6.45) is -0.877. The summed E-state index contributed by atoms with van der Waals surface area (Å²) in [4.78, 5) is 68.0. The van der Waals surface area contributed by atoms with Gasteiger partial charge in [0.05, 0.1) is 6.04 Å². The molecule has 13 heteroatoms. The van der Waals surface area contributed by atoms with Crippen LogP contribution in [0.1, 0.15) is 76.7 Å². The van der Waals surface area contributed by atoms with Crippen LogP contribution >= 0.6 is 0 Å². The van der Waals surface area contributed by atoms with Crippen LogP contribution in [-0.2, 0) is 19.2 Å². The number of aromatic nitrogens is 1. The van der Waals surface area contributed by atoms with Gasteiger partial charge in [-0.3, -0.25) is 29.0 Å². The number of Topliss-reactive ketones (excluding diaryl/α,β-unsaturated/α-hetero) is 1. The molecule has 2 heterocycles. The summed E-state index contributed by atoms with van der Waals surface area (Å²) in [5, 5.41) is 7.70. The second kappa shape index (κ2) is 15.5. The quantitative estimate of drug-likeness (QED) is 0.288. The van der Waals surface area contributed by atoms with Crippen LogP contribution in [0.2, 0.25) is 0 Å². The first-order chi connectivity index (χ1) is 19.2. The first-order valence-corrected chi connectivity index (χ1v) is 13.9. The summed E-state index contributed by atoms with van der Waals surface area (Å²) in [7, 11) is 0. The number of pyridine rings is 1. The Hall–Kier alpha value is -3.51. The van der Waals surface area contributed by atoms with Gasteiger partial charge >= 0.3 is 6.18 Å². The van der Waals surface area contributed by atoms with Crippen molar-refractivity contribution < 1.29 is 37.1 Å². The Kier molecular flexibility index (Phi) is 12.7. The number of rotatable bonds is 14. The average molecular weight is 584 g/mol. The Morgan fingerprint density at radius 3 is 2.24 bits per heavy atom. The van der Waals surface area contributed by atoms with Gasteiger partial charge in [0.1, 0.15) is 17.8 Å². The van der Waals surface area contributed by atoms with Gasteiger partial charge < -0.3 is 20.9 Å². The number of ketones is 1. The third-order valence-electron chi connectivity index (χ3n) is 6.88. The Balaban J connectivity index is 1.87. The number of unbranched alkanes of at least 4 members (excludes halogenated alkanes) is 2. The number of amides is 4. The van der Waals surface area contributed by atoms with Crippen molar-refractivity contribution in [3.05, 3.63) is 30.1 Å². The lowest BCUT2D eigenvalue weighted by atomic mass is 9.98. The number of nitrogens with one attached hydrogen (secondary N) is 3. The van der Waals surface area contributed by atoms with Crippen molar-refractivity contribution in [1.82, 2.24) is 25.8 Å². The van der Waals surface area contributed by atoms with E-state index in [0.717, 1.165) is 0 Å². The predicted molar refractivity (Wildman–Crippen MR) is 144 cm³/mol. The predicted octanol–water partition coefficient (Wildman–Crippen LogP) is 2.78. The smallest absolute Gasteiger partial charge is 0.351 e. The van der Waals surface area contributed by atoms with Crippen LogP contribution < -0.4 is 16.0 Å². The highest BCUT2D eigenvalue weighted by Crippen LogP contribution is 2.24. The molecular weight excluding hydrogens is 543 g/mol. The van der Waals surface area contributed by atoms with E-state index in [9.17, 15) is 37.1 Å². The molecule has 0 bridgehead atoms. The van der Waals surface area contributed by atoms with Crippen molar-refractivity contribution in [1.29, 1.82) is 0 Å². The third-order valence-corrected chi connectivity index (χ3v) is 6.88. The number of hydrogen-bond donors (Lipinski definition) is 3. The fourth-order valence-corrected chi connectivity index (χ4v) is 4.58. The number of carbonyl (C=O) groups is 5. The first kappa shape index (κ1) is 33.7. The normalized spacial score (nSPS) is 16.8. The van der Waals surface area contributed by atoms with E-state index in [4.69, 9.17) is 0 Å². The van der Waals surface area contributed by atoms with Crippen LogP contribution in [0.15, 0.2) is 24.4 Å². The molecule has 0 spiro atoms. The zero-order valence-electron chi connectivity index (χ0n) is 23.9. The summed E-state index contributed by atoms with van der Waals surface area (Å²) < 4.78 is 39.1. The van der Waals surface area contributed by atoms with Crippen molar-refractivity contribution in [2.24, 2.45) is 11.8 Å². The number of alkyl halides is 3. The molecule has 4 amide bonds. The van der Waals surface area contributed by atoms with Gasteiger partial charge in [-0.25, -0.2) is 0 Å². The molecule has 10 nitrogen and oxygen atoms in total. The molecule has 1 saturated heterocycles. The van der Waals surface area contributed by atoms with Gasteiger partial charge in [-0.15, -0.1) is 0 Å². The zero-order valence-corrected chi connectivity index (χ0v) is 23.9. The molecule has 0 radical (unpaired) electrons. The third kappa shape index (κ3) is 10.1. The van der Waals surface area contributed by atoms with Crippen LogP contribution in [0, 0.1) is 11.8 Å². The maximum Gasteiger partial charge on any atom is 0.452 e. The molecule has 3 atom stereocenters. The molecule has 228 valence electrons. The summed E-state index contributed by atoms with van der Waals surface area (Å²) in [6, 6.07) is 1.32. The van der Waals surface area contributed by atoms with Gasteiger partial charge in [0.15, 0.2) is 0 Å². The number of likely N-dealkylation sites (tertiary alicyclic amines) is 1. The summed E-state index contributed by atoms with van der Waals surface area (Å²) in [6.45, 7) is 6.92. The lowest BCUT2D eigenvalue weighted by Crippen LogP contribution is -2.58. The number of halogens is 3. The van der Waals surface area contributed by atoms with Crippen LogP contribution in [0.25, 0.3) is 0 Å². The SMILES string of the molecule is CC(C)[C@H](NC(=O)CCCCCNC(=O)c1ccccn1)C(=O)N1CCCC1C(=O)N[C@H](C(=O)C(F)(F)F)C(C)C. The van der Waals surface area contributed by atoms with Crippen molar-refractivity contribution >= 4 is 29.4 Å². The summed E-state index contributed by atoms with van der Waals surface area (Å²) >= 11 is 0. The largest absolute Gasteiger partial charge is 0.452 e. The van der Waals surface area contributed by atoms with Gasteiger partial charge in [0, 0.05) is 25.7 Å². The molecule has 41 heavy (non-hydrogen) atoms. The Bertz CT molecular complexity index is 1060. The minimum Gasteiger partial charge on any atom is -0.351 e. The van der Waals surface area contributed by atoms with Gasteiger partial charge in [0.2, 0.25) is 17.7 Å². The molecule has 1 aliphatic rings. The number of carbonyl (C=O) groups excluding carboxylic acids is 5. The Labute approximate surface area is 238 Å². The van der Waals surface area contributed by atoms with E-state index in [1.807, 2.05) is 0 Å². The lowest BCUT2D eigenvalue weighted by Gasteiger charge is -2.32. The van der Waals surface area contributed by atoms with E-state index < -0.39 is 47.8 Å². The van der Waals surface area contributed by atoms with E-state index >= 15 is 0 Å². The zero-order chi connectivity index (χ0) is 30.7. The van der Waals surface area contributed by atoms with E-state index in [1.165, 1.54) is 24.9 Å². The van der Waals surface area contributed by atoms with E-state index in [1.54, 1.807) is 32.0 Å². The van der Waals surface area contributed by atoms with Gasteiger partial charge in [-0.1, -0.05) is 40.2 Å². The molecular formula is C28H40F3N5O5. The highest BCUT2D eigenvalue weighted by Gasteiger charge is 2.46. The molecule has 0 aromatic carbocycles. The minimum absolute atomic E-state index is 0.157. The topological polar surface area (TPSA) is 138 Å². The van der Waals surface area contributed by atoms with Crippen LogP contribution in [-0.4, -0.2) is 76.7 Å². The number of hydrogen-bond acceptors (Lipinski definition) is 6. The standard InChI is InChI=1S/C28H40F3N5O5/c1-17(2)22(24(38)28(29,30)31)35-26(40)20-12-10-16-36(20)27(41)23(18(3)4)34-21(37)13-6-5-8-15-33-25(39)19-11-7-9-14-32-19/h7,9,11,14,17-18,20,22-23H,5-6,8,10,12-13,15-16H2,1-4H3,(H,33,39)(H,34,37)(H,35,40)/t20?,22-,23-/m0/s1. The van der Waals surface area contributed by atoms with Crippen molar-refractivity contribution in [2.45, 2.75) is 90.5 Å². The molecule has 1 unspecified atom stereocenters. The Morgan fingerprint density at radius 1 is 0.976 bits per heavy atom. The van der Waals surface area contributed by atoms with Crippen LogP contribution in [0.3, 0.4) is 0 Å². The lowest BCUT2D eigenvalue weighted by molar-refractivity contribution is -0.175. The van der Waals surface area contributed by atoms with Crippen molar-refractivity contribution in [3.63, 3.8) is 0 Å². The Morgan fingerprint density at radius 2 is 1.66 bits per heavy atom. The van der Waals surface area contributed by atoms with E-state index in [-0.39, 0.29) is 37.1 Å². The molecule has 1 aromatic rings. The van der Waals surface area contributed by atoms with Gasteiger partial charge in [0.25, 0.3) is 11.7 Å². The molecule has 1 aromatic heterocycles. The second-order valence-electron chi connectivity index (χ2n) is 10.9. The maximum atomic E-state index is 13.4. The minimum atomic E-state index is -5.10. The monoisotopic (exact) mass is 583 g/mol. The highest BCUT2D eigenvalue weighted by atomic mass is 19.4. The molecule has 3 N–H and O–H groups in total. The van der Waals surface area contributed by atoms with Crippen molar-refractivity contribution in [3.8, 4) is 0 Å². The highest BCUT2D eigenvalue weighted by molar-refractivity contribution is 5.96. The fraction of sp³-hybridized carbons (Fsp3) is 0.643.